The number of nitrogens with zero attached hydrogens (tertiary/aromatic N) is 4. The van der Waals surface area contributed by atoms with E-state index in [1.807, 2.05) is 28.8 Å². The number of carbonyl (C=O) groups excluding carboxylic acids is 1. The summed E-state index contributed by atoms with van der Waals surface area (Å²) in [7, 11) is 0. The molecular formula is C20H17F3N6O3. The molecule has 0 bridgehead atoms. The fourth-order valence-corrected chi connectivity index (χ4v) is 3.48. The number of halogens is 3. The van der Waals surface area contributed by atoms with Crippen LogP contribution in [0.3, 0.4) is 0 Å². The van der Waals surface area contributed by atoms with Gasteiger partial charge in [-0.3, -0.25) is 4.79 Å². The topological polar surface area (TPSA) is 106 Å². The minimum Gasteiger partial charge on any atom is -0.412 e. The predicted molar refractivity (Wildman–Crippen MR) is 109 cm³/mol. The summed E-state index contributed by atoms with van der Waals surface area (Å²) in [6.07, 6.45) is 0.284. The molecule has 1 aromatic heterocycles. The van der Waals surface area contributed by atoms with Crippen LogP contribution in [-0.2, 0) is 11.3 Å². The lowest BCUT2D eigenvalue weighted by Crippen LogP contribution is -2.41. The molecule has 32 heavy (non-hydrogen) atoms. The van der Waals surface area contributed by atoms with Gasteiger partial charge in [-0.15, -0.1) is 18.7 Å². The summed E-state index contributed by atoms with van der Waals surface area (Å²) < 4.78 is 43.0. The molecule has 0 atom stereocenters. The van der Waals surface area contributed by atoms with E-state index in [4.69, 9.17) is 0 Å². The first kappa shape index (κ1) is 21.2. The molecule has 3 aromatic rings. The number of hydrogen-bond donors (Lipinski definition) is 2. The van der Waals surface area contributed by atoms with Gasteiger partial charge in [-0.1, -0.05) is 12.1 Å². The number of ether oxygens (including phenoxy) is 1. The number of rotatable bonds is 4. The summed E-state index contributed by atoms with van der Waals surface area (Å²) in [4.78, 5) is 17.3. The molecule has 1 saturated heterocycles. The molecule has 2 aliphatic rings. The van der Waals surface area contributed by atoms with Crippen molar-refractivity contribution < 1.29 is 28.2 Å². The number of aromatic nitrogens is 2. The number of alkyl halides is 3. The highest BCUT2D eigenvalue weighted by molar-refractivity contribution is 6.12. The predicted octanol–water partition coefficient (Wildman–Crippen LogP) is 2.57. The Morgan fingerprint density at radius 3 is 2.47 bits per heavy atom. The number of nitrogens with one attached hydrogen (secondary N) is 2. The van der Waals surface area contributed by atoms with Crippen LogP contribution < -0.4 is 25.6 Å². The van der Waals surface area contributed by atoms with Gasteiger partial charge in [-0.05, 0) is 36.4 Å². The van der Waals surface area contributed by atoms with Gasteiger partial charge in [0.2, 0.25) is 0 Å². The van der Waals surface area contributed by atoms with Gasteiger partial charge in [0.1, 0.15) is 11.4 Å². The molecule has 0 spiro atoms. The maximum atomic E-state index is 13.3. The number of allylic oxidation sites excluding steroid dienone is 1. The van der Waals surface area contributed by atoms with Crippen LogP contribution in [0.1, 0.15) is 0 Å². The van der Waals surface area contributed by atoms with Gasteiger partial charge in [0.05, 0.1) is 35.6 Å². The average molecular weight is 446 g/mol. The molecule has 4 N–H and O–H groups in total. The second kappa shape index (κ2) is 7.90. The lowest BCUT2D eigenvalue weighted by Gasteiger charge is -2.29. The Morgan fingerprint density at radius 1 is 1.03 bits per heavy atom. The first-order valence-electron chi connectivity index (χ1n) is 9.21. The number of fused-ring (bicyclic) bond motifs is 3. The lowest BCUT2D eigenvalue weighted by atomic mass is 10.1. The molecule has 9 nitrogen and oxygen atoms in total. The average Bonchev–Trinajstić information content (AvgIpc) is 3.36. The number of benzene rings is 2. The molecule has 0 saturated carbocycles. The van der Waals surface area contributed by atoms with Crippen molar-refractivity contribution in [1.82, 2.24) is 15.1 Å². The highest BCUT2D eigenvalue weighted by Gasteiger charge is 2.40. The lowest BCUT2D eigenvalue weighted by molar-refractivity contribution is -0.274. The van der Waals surface area contributed by atoms with E-state index in [1.54, 1.807) is 23.7 Å². The van der Waals surface area contributed by atoms with Gasteiger partial charge in [-0.25, -0.2) is 15.0 Å². The maximum absolute atomic E-state index is 13.3. The van der Waals surface area contributed by atoms with Crippen molar-refractivity contribution in [3.8, 4) is 5.75 Å². The number of hydrazine groups is 2. The third-order valence-electron chi connectivity index (χ3n) is 4.77. The Morgan fingerprint density at radius 2 is 1.78 bits per heavy atom. The third-order valence-corrected chi connectivity index (χ3v) is 4.77. The van der Waals surface area contributed by atoms with E-state index in [2.05, 4.69) is 20.6 Å². The number of para-hydroxylation sites is 2. The fourth-order valence-electron chi connectivity index (χ4n) is 3.48. The van der Waals surface area contributed by atoms with Gasteiger partial charge in [0.15, 0.2) is 0 Å². The Labute approximate surface area is 179 Å². The molecule has 0 radical (unpaired) electrons. The van der Waals surface area contributed by atoms with Gasteiger partial charge >= 0.3 is 6.36 Å². The molecule has 1 fully saturated rings. The quantitative estimate of drug-likeness (QED) is 0.638. The molecule has 1 amide bonds. The zero-order chi connectivity index (χ0) is 21.6. The minimum absolute atomic E-state index is 0. The van der Waals surface area contributed by atoms with Crippen LogP contribution in [0.4, 0.5) is 30.2 Å². The van der Waals surface area contributed by atoms with E-state index in [0.29, 0.717) is 23.6 Å². The molecule has 0 unspecified atom stereocenters. The second-order valence-electron chi connectivity index (χ2n) is 6.82. The maximum Gasteiger partial charge on any atom is 0.573 e. The summed E-state index contributed by atoms with van der Waals surface area (Å²) in [5.74, 6) is -0.728. The Kier molecular flexibility index (Phi) is 5.24. The van der Waals surface area contributed by atoms with Gasteiger partial charge in [0, 0.05) is 12.4 Å². The van der Waals surface area contributed by atoms with E-state index in [0.717, 1.165) is 23.5 Å². The summed E-state index contributed by atoms with van der Waals surface area (Å²) in [5.41, 5.74) is 5.95. The number of anilines is 3. The standard InChI is InChI=1S/C20H15F3N6O2.H2O/c21-20(22,23)31-14-7-5-13(6-8-14)28-19(30)18-16(11-27-10-9-24-12-27)25-15-3-1-2-4-17(15)29(18)26-28;/h1-10,12,25-26H,11H2;1H2. The normalized spacial score (nSPS) is 15.2. The van der Waals surface area contributed by atoms with E-state index in [-0.39, 0.29) is 17.1 Å². The van der Waals surface area contributed by atoms with Crippen LogP contribution in [0.2, 0.25) is 0 Å². The first-order chi connectivity index (χ1) is 14.9. The van der Waals surface area contributed by atoms with Crippen LogP contribution >= 0.6 is 0 Å². The molecule has 2 aromatic carbocycles. The van der Waals surface area contributed by atoms with Crippen LogP contribution in [0.15, 0.2) is 78.6 Å². The fraction of sp³-hybridized carbons (Fsp3) is 0.100. The number of carbonyl (C=O) groups is 1. The van der Waals surface area contributed by atoms with Crippen molar-refractivity contribution >= 4 is 23.0 Å². The third kappa shape index (κ3) is 3.84. The van der Waals surface area contributed by atoms with E-state index in [9.17, 15) is 18.0 Å². The summed E-state index contributed by atoms with van der Waals surface area (Å²) >= 11 is 0. The molecule has 166 valence electrons. The molecule has 2 aliphatic heterocycles. The van der Waals surface area contributed by atoms with Crippen molar-refractivity contribution in [3.05, 3.63) is 78.6 Å². The summed E-state index contributed by atoms with van der Waals surface area (Å²) in [6, 6.07) is 12.5. The first-order valence-corrected chi connectivity index (χ1v) is 9.21. The van der Waals surface area contributed by atoms with Crippen LogP contribution in [-0.4, -0.2) is 27.3 Å². The van der Waals surface area contributed by atoms with Crippen LogP contribution in [0, 0.1) is 0 Å². The van der Waals surface area contributed by atoms with E-state index >= 15 is 0 Å². The van der Waals surface area contributed by atoms with Gasteiger partial charge in [-0.2, -0.15) is 0 Å². The monoisotopic (exact) mass is 446 g/mol. The van der Waals surface area contributed by atoms with Crippen molar-refractivity contribution in [2.75, 3.05) is 15.3 Å². The van der Waals surface area contributed by atoms with Crippen molar-refractivity contribution in [2.24, 2.45) is 0 Å². The van der Waals surface area contributed by atoms with Crippen molar-refractivity contribution in [2.45, 2.75) is 12.9 Å². The smallest absolute Gasteiger partial charge is 0.412 e. The van der Waals surface area contributed by atoms with E-state index < -0.39 is 6.36 Å². The number of imidazole rings is 1. The van der Waals surface area contributed by atoms with Gasteiger partial charge < -0.3 is 20.1 Å². The SMILES string of the molecule is O.O=C1C2=C(Cn3ccnc3)Nc3ccccc3N2NN1c1ccc(OC(F)(F)F)cc1. The largest absolute Gasteiger partial charge is 0.573 e. The number of amides is 1. The Balaban J connectivity index is 0.00000245. The highest BCUT2D eigenvalue weighted by Crippen LogP contribution is 2.38. The Hall–Kier alpha value is -4.03. The van der Waals surface area contributed by atoms with Crippen LogP contribution in [0.5, 0.6) is 5.75 Å². The van der Waals surface area contributed by atoms with Crippen molar-refractivity contribution in [3.63, 3.8) is 0 Å². The zero-order valence-corrected chi connectivity index (χ0v) is 16.3. The highest BCUT2D eigenvalue weighted by atomic mass is 19.4. The zero-order valence-electron chi connectivity index (χ0n) is 16.3. The number of hydrogen-bond acceptors (Lipinski definition) is 6. The van der Waals surface area contributed by atoms with Crippen LogP contribution in [0.25, 0.3) is 0 Å². The summed E-state index contributed by atoms with van der Waals surface area (Å²) in [5, 5.41) is 6.22. The molecule has 0 aliphatic carbocycles. The molecular weight excluding hydrogens is 429 g/mol. The van der Waals surface area contributed by atoms with Crippen molar-refractivity contribution in [1.29, 1.82) is 0 Å². The molecule has 12 heteroatoms. The Bertz CT molecular complexity index is 1160. The van der Waals surface area contributed by atoms with E-state index in [1.165, 1.54) is 17.1 Å². The second-order valence-corrected chi connectivity index (χ2v) is 6.82. The molecule has 3 heterocycles. The minimum atomic E-state index is -4.79. The molecule has 5 rings (SSSR count). The van der Waals surface area contributed by atoms with Gasteiger partial charge in [0.25, 0.3) is 5.91 Å². The summed E-state index contributed by atoms with van der Waals surface area (Å²) in [6.45, 7) is 0.375.